The van der Waals surface area contributed by atoms with Crippen molar-refractivity contribution >= 4 is 29.4 Å². The molecule has 1 N–H and O–H groups in total. The third-order valence-corrected chi connectivity index (χ3v) is 6.23. The van der Waals surface area contributed by atoms with Gasteiger partial charge in [-0.05, 0) is 55.7 Å². The summed E-state index contributed by atoms with van der Waals surface area (Å²) in [5.41, 5.74) is 1.85. The molecule has 0 atom stereocenters. The van der Waals surface area contributed by atoms with Gasteiger partial charge in [0.2, 0.25) is 0 Å². The smallest absolute Gasteiger partial charge is 0.321 e. The number of urea groups is 1. The van der Waals surface area contributed by atoms with E-state index in [1.807, 2.05) is 48.2 Å². The van der Waals surface area contributed by atoms with E-state index in [1.54, 1.807) is 11.8 Å². The van der Waals surface area contributed by atoms with Crippen molar-refractivity contribution in [3.8, 4) is 0 Å². The Bertz CT molecular complexity index is 855. The lowest BCUT2D eigenvalue weighted by atomic mass is 10.1. The third-order valence-electron chi connectivity index (χ3n) is 5.23. The average molecular weight is 471 g/mol. The molecule has 0 spiro atoms. The summed E-state index contributed by atoms with van der Waals surface area (Å²) in [5.74, 6) is -0.207. The second-order valence-corrected chi connectivity index (χ2v) is 9.17. The number of nitrogens with zero attached hydrogens (tertiary/aromatic N) is 1. The van der Waals surface area contributed by atoms with Gasteiger partial charge in [-0.25, -0.2) is 4.79 Å². The third kappa shape index (κ3) is 9.91. The quantitative estimate of drug-likeness (QED) is 0.243. The minimum atomic E-state index is -0.207. The highest BCUT2D eigenvalue weighted by Crippen LogP contribution is 2.31. The van der Waals surface area contributed by atoms with Gasteiger partial charge in [0.15, 0.2) is 0 Å². The molecule has 0 aromatic heterocycles. The van der Waals surface area contributed by atoms with E-state index in [9.17, 15) is 9.59 Å². The number of carbonyl (C=O) groups is 2. The Balaban J connectivity index is 2.03. The first-order valence-corrected chi connectivity index (χ1v) is 13.0. The normalized spacial score (nSPS) is 10.6. The van der Waals surface area contributed by atoms with E-state index in [4.69, 9.17) is 4.74 Å². The molecule has 2 aromatic carbocycles. The second-order valence-electron chi connectivity index (χ2n) is 8.02. The Morgan fingerprint density at radius 2 is 1.67 bits per heavy atom. The fraction of sp³-hybridized carbons (Fsp3) is 0.481. The molecule has 2 rings (SSSR count). The number of hydrogen-bond acceptors (Lipinski definition) is 4. The van der Waals surface area contributed by atoms with Crippen LogP contribution in [0.3, 0.4) is 0 Å². The number of hydrogen-bond donors (Lipinski definition) is 1. The van der Waals surface area contributed by atoms with Gasteiger partial charge in [-0.15, -0.1) is 0 Å². The predicted molar refractivity (Wildman–Crippen MR) is 137 cm³/mol. The van der Waals surface area contributed by atoms with Crippen LogP contribution in [0.1, 0.15) is 64.9 Å². The van der Waals surface area contributed by atoms with Crippen LogP contribution in [0.25, 0.3) is 0 Å². The molecule has 5 nitrogen and oxygen atoms in total. The molecule has 0 aliphatic heterocycles. The first-order chi connectivity index (χ1) is 16.1. The topological polar surface area (TPSA) is 58.6 Å². The maximum Gasteiger partial charge on any atom is 0.321 e. The second kappa shape index (κ2) is 15.4. The van der Waals surface area contributed by atoms with Gasteiger partial charge < -0.3 is 10.1 Å². The summed E-state index contributed by atoms with van der Waals surface area (Å²) in [4.78, 5) is 28.6. The summed E-state index contributed by atoms with van der Waals surface area (Å²) in [7, 11) is 0. The molecule has 0 fully saturated rings. The van der Waals surface area contributed by atoms with Gasteiger partial charge >= 0.3 is 12.0 Å². The zero-order valence-corrected chi connectivity index (χ0v) is 21.1. The van der Waals surface area contributed by atoms with Gasteiger partial charge in [-0.1, -0.05) is 69.5 Å². The minimum Gasteiger partial charge on any atom is -0.466 e. The number of benzene rings is 2. The number of rotatable bonds is 14. The number of unbranched alkanes of at least 4 members (excludes halogenated alkanes) is 4. The number of amides is 2. The fourth-order valence-corrected chi connectivity index (χ4v) is 4.28. The number of carbonyl (C=O) groups excluding carboxylic acids is 2. The summed E-state index contributed by atoms with van der Waals surface area (Å²) in [6, 6.07) is 16.1. The Hall–Kier alpha value is -2.47. The van der Waals surface area contributed by atoms with Crippen molar-refractivity contribution in [1.29, 1.82) is 0 Å². The lowest BCUT2D eigenvalue weighted by Gasteiger charge is -2.23. The van der Waals surface area contributed by atoms with Crippen LogP contribution < -0.4 is 10.2 Å². The van der Waals surface area contributed by atoms with Crippen LogP contribution in [0, 0.1) is 0 Å². The lowest BCUT2D eigenvalue weighted by Crippen LogP contribution is -2.41. The highest BCUT2D eigenvalue weighted by atomic mass is 32.2. The Morgan fingerprint density at radius 3 is 2.36 bits per heavy atom. The number of anilines is 1. The fourth-order valence-electron chi connectivity index (χ4n) is 3.41. The highest BCUT2D eigenvalue weighted by Gasteiger charge is 2.15. The van der Waals surface area contributed by atoms with Crippen molar-refractivity contribution in [2.24, 2.45) is 0 Å². The maximum absolute atomic E-state index is 12.9. The van der Waals surface area contributed by atoms with Gasteiger partial charge in [0.05, 0.1) is 13.0 Å². The van der Waals surface area contributed by atoms with Gasteiger partial charge in [0.1, 0.15) is 0 Å². The zero-order chi connectivity index (χ0) is 23.9. The van der Waals surface area contributed by atoms with E-state index >= 15 is 0 Å². The first kappa shape index (κ1) is 26.8. The van der Waals surface area contributed by atoms with E-state index in [2.05, 4.69) is 31.3 Å². The molecular weight excluding hydrogens is 432 g/mol. The number of nitrogens with one attached hydrogen (secondary N) is 1. The Morgan fingerprint density at radius 1 is 0.909 bits per heavy atom. The van der Waals surface area contributed by atoms with E-state index in [0.29, 0.717) is 19.7 Å². The molecule has 0 saturated carbocycles. The molecule has 0 bridgehead atoms. The van der Waals surface area contributed by atoms with Crippen molar-refractivity contribution < 1.29 is 14.3 Å². The Kier molecular flexibility index (Phi) is 12.5. The van der Waals surface area contributed by atoms with E-state index in [-0.39, 0.29) is 18.4 Å². The molecule has 0 heterocycles. The zero-order valence-electron chi connectivity index (χ0n) is 20.3. The summed E-state index contributed by atoms with van der Waals surface area (Å²) in [6.07, 6.45) is 6.84. The van der Waals surface area contributed by atoms with Crippen LogP contribution in [0.2, 0.25) is 0 Å². The molecule has 0 aliphatic carbocycles. The molecular formula is C27H38N2O3S. The molecule has 180 valence electrons. The molecule has 33 heavy (non-hydrogen) atoms. The average Bonchev–Trinajstić information content (AvgIpc) is 2.81. The maximum atomic E-state index is 12.9. The monoisotopic (exact) mass is 470 g/mol. The van der Waals surface area contributed by atoms with Crippen molar-refractivity contribution in [1.82, 2.24) is 5.32 Å². The standard InChI is InChI=1S/C27H38N2O3S/c1-4-7-9-10-18-28-27(31)29(19-8-5-2)23-12-11-13-25(21-23)33-24-16-14-22(15-17-24)20-26(30)32-6-3/h11-17,21H,4-10,18-20H2,1-3H3,(H,28,31). The number of ether oxygens (including phenoxy) is 1. The first-order valence-electron chi connectivity index (χ1n) is 12.1. The summed E-state index contributed by atoms with van der Waals surface area (Å²) < 4.78 is 5.01. The Labute approximate surface area is 203 Å². The molecule has 2 aromatic rings. The minimum absolute atomic E-state index is 0.0228. The molecule has 6 heteroatoms. The predicted octanol–water partition coefficient (Wildman–Crippen LogP) is 6.84. The van der Waals surface area contributed by atoms with E-state index in [0.717, 1.165) is 46.7 Å². The molecule has 0 radical (unpaired) electrons. The highest BCUT2D eigenvalue weighted by molar-refractivity contribution is 7.99. The molecule has 0 unspecified atom stereocenters. The van der Waals surface area contributed by atoms with E-state index in [1.165, 1.54) is 12.8 Å². The van der Waals surface area contributed by atoms with Gasteiger partial charge in [-0.3, -0.25) is 9.69 Å². The summed E-state index contributed by atoms with van der Waals surface area (Å²) in [6.45, 7) is 7.95. The number of esters is 1. The van der Waals surface area contributed by atoms with Crippen LogP contribution in [-0.2, 0) is 16.0 Å². The van der Waals surface area contributed by atoms with Gasteiger partial charge in [0.25, 0.3) is 0 Å². The van der Waals surface area contributed by atoms with Crippen molar-refractivity contribution in [3.05, 3.63) is 54.1 Å². The van der Waals surface area contributed by atoms with Gasteiger partial charge in [0, 0.05) is 28.6 Å². The van der Waals surface area contributed by atoms with Crippen LogP contribution in [0.4, 0.5) is 10.5 Å². The molecule has 0 aliphatic rings. The van der Waals surface area contributed by atoms with Crippen LogP contribution in [-0.4, -0.2) is 31.7 Å². The van der Waals surface area contributed by atoms with Crippen molar-refractivity contribution in [2.75, 3.05) is 24.6 Å². The van der Waals surface area contributed by atoms with E-state index < -0.39 is 0 Å². The van der Waals surface area contributed by atoms with Crippen LogP contribution >= 0.6 is 11.8 Å². The van der Waals surface area contributed by atoms with Crippen LogP contribution in [0.5, 0.6) is 0 Å². The van der Waals surface area contributed by atoms with Crippen LogP contribution in [0.15, 0.2) is 58.3 Å². The SMILES string of the molecule is CCCCCCNC(=O)N(CCCC)c1cccc(Sc2ccc(CC(=O)OCC)cc2)c1. The van der Waals surface area contributed by atoms with Crippen molar-refractivity contribution in [3.63, 3.8) is 0 Å². The van der Waals surface area contributed by atoms with Gasteiger partial charge in [-0.2, -0.15) is 0 Å². The molecule has 0 saturated heterocycles. The lowest BCUT2D eigenvalue weighted by molar-refractivity contribution is -0.142. The largest absolute Gasteiger partial charge is 0.466 e. The summed E-state index contributed by atoms with van der Waals surface area (Å²) in [5, 5.41) is 3.09. The summed E-state index contributed by atoms with van der Waals surface area (Å²) >= 11 is 1.64. The molecule has 2 amide bonds. The van der Waals surface area contributed by atoms with Crippen molar-refractivity contribution in [2.45, 2.75) is 75.5 Å².